The van der Waals surface area contributed by atoms with E-state index in [9.17, 15) is 13.2 Å². The SMILES string of the molecule is C=CCNC(=O)NCC1CCS(=O)(=O)C1. The summed E-state index contributed by atoms with van der Waals surface area (Å²) >= 11 is 0. The van der Waals surface area contributed by atoms with Gasteiger partial charge in [-0.2, -0.15) is 0 Å². The standard InChI is InChI=1S/C9H16N2O3S/c1-2-4-10-9(12)11-6-8-3-5-15(13,14)7-8/h2,8H,1,3-7H2,(H2,10,11,12). The Labute approximate surface area is 89.8 Å². The Hall–Kier alpha value is -1.04. The molecule has 5 nitrogen and oxygen atoms in total. The van der Waals surface area contributed by atoms with Crippen molar-refractivity contribution in [1.29, 1.82) is 0 Å². The highest BCUT2D eigenvalue weighted by Crippen LogP contribution is 2.17. The molecule has 6 heteroatoms. The number of sulfone groups is 1. The number of hydrogen-bond acceptors (Lipinski definition) is 3. The minimum absolute atomic E-state index is 0.0597. The highest BCUT2D eigenvalue weighted by atomic mass is 32.2. The van der Waals surface area contributed by atoms with Crippen LogP contribution >= 0.6 is 0 Å². The summed E-state index contributed by atoms with van der Waals surface area (Å²) in [5.74, 6) is 0.493. The molecule has 15 heavy (non-hydrogen) atoms. The normalized spacial score (nSPS) is 23.3. The third-order valence-electron chi connectivity index (χ3n) is 2.28. The molecule has 0 bridgehead atoms. The summed E-state index contributed by atoms with van der Waals surface area (Å²) in [5, 5.41) is 5.19. The third-order valence-corrected chi connectivity index (χ3v) is 4.12. The van der Waals surface area contributed by atoms with Crippen LogP contribution in [0, 0.1) is 5.92 Å². The molecule has 1 fully saturated rings. The van der Waals surface area contributed by atoms with Crippen LogP contribution < -0.4 is 10.6 Å². The van der Waals surface area contributed by atoms with E-state index in [0.717, 1.165) is 0 Å². The molecule has 0 aromatic heterocycles. The number of carbonyl (C=O) groups is 1. The van der Waals surface area contributed by atoms with Crippen LogP contribution in [0.3, 0.4) is 0 Å². The predicted octanol–water partition coefficient (Wildman–Crippen LogP) is -0.0937. The van der Waals surface area contributed by atoms with Crippen molar-refractivity contribution in [1.82, 2.24) is 10.6 Å². The van der Waals surface area contributed by atoms with Gasteiger partial charge in [-0.05, 0) is 12.3 Å². The van der Waals surface area contributed by atoms with Gasteiger partial charge in [0, 0.05) is 13.1 Å². The lowest BCUT2D eigenvalue weighted by molar-refractivity contribution is 0.240. The molecule has 0 aromatic carbocycles. The zero-order valence-electron chi connectivity index (χ0n) is 8.53. The second-order valence-electron chi connectivity index (χ2n) is 3.65. The molecule has 1 aliphatic rings. The first kappa shape index (κ1) is 12.0. The molecule has 86 valence electrons. The van der Waals surface area contributed by atoms with E-state index in [0.29, 0.717) is 19.5 Å². The largest absolute Gasteiger partial charge is 0.338 e. The summed E-state index contributed by atoms with van der Waals surface area (Å²) in [5.41, 5.74) is 0. The lowest BCUT2D eigenvalue weighted by atomic mass is 10.1. The van der Waals surface area contributed by atoms with Gasteiger partial charge in [-0.1, -0.05) is 6.08 Å². The third kappa shape index (κ3) is 4.33. The van der Waals surface area contributed by atoms with E-state index in [1.165, 1.54) is 0 Å². The Morgan fingerprint density at radius 3 is 2.73 bits per heavy atom. The highest BCUT2D eigenvalue weighted by molar-refractivity contribution is 7.91. The van der Waals surface area contributed by atoms with E-state index in [4.69, 9.17) is 0 Å². The first-order valence-electron chi connectivity index (χ1n) is 4.86. The van der Waals surface area contributed by atoms with Crippen molar-refractivity contribution in [2.75, 3.05) is 24.6 Å². The monoisotopic (exact) mass is 232 g/mol. The Kier molecular flexibility index (Phi) is 4.14. The van der Waals surface area contributed by atoms with Crippen LogP contribution in [0.5, 0.6) is 0 Å². The van der Waals surface area contributed by atoms with Gasteiger partial charge >= 0.3 is 6.03 Å². The fourth-order valence-corrected chi connectivity index (χ4v) is 3.36. The van der Waals surface area contributed by atoms with Crippen LogP contribution in [0.25, 0.3) is 0 Å². The van der Waals surface area contributed by atoms with E-state index >= 15 is 0 Å². The minimum Gasteiger partial charge on any atom is -0.338 e. The number of urea groups is 1. The van der Waals surface area contributed by atoms with Gasteiger partial charge < -0.3 is 10.6 Å². The molecule has 1 rings (SSSR count). The summed E-state index contributed by atoms with van der Waals surface area (Å²) in [6.07, 6.45) is 2.23. The fraction of sp³-hybridized carbons (Fsp3) is 0.667. The minimum atomic E-state index is -2.85. The molecule has 1 saturated heterocycles. The molecule has 0 spiro atoms. The maximum absolute atomic E-state index is 11.1. The molecule has 2 N–H and O–H groups in total. The van der Waals surface area contributed by atoms with Crippen molar-refractivity contribution in [2.45, 2.75) is 6.42 Å². The van der Waals surface area contributed by atoms with Crippen molar-refractivity contribution < 1.29 is 13.2 Å². The molecule has 1 aliphatic heterocycles. The average molecular weight is 232 g/mol. The van der Waals surface area contributed by atoms with E-state index < -0.39 is 9.84 Å². The molecular formula is C9H16N2O3S. The van der Waals surface area contributed by atoms with Gasteiger partial charge in [-0.15, -0.1) is 6.58 Å². The van der Waals surface area contributed by atoms with Crippen molar-refractivity contribution in [2.24, 2.45) is 5.92 Å². The van der Waals surface area contributed by atoms with Gasteiger partial charge in [-0.25, -0.2) is 13.2 Å². The van der Waals surface area contributed by atoms with Crippen LogP contribution in [-0.4, -0.2) is 39.0 Å². The van der Waals surface area contributed by atoms with Crippen molar-refractivity contribution in [3.05, 3.63) is 12.7 Å². The van der Waals surface area contributed by atoms with Gasteiger partial charge in [0.05, 0.1) is 11.5 Å². The Morgan fingerprint density at radius 2 is 2.20 bits per heavy atom. The number of amides is 2. The topological polar surface area (TPSA) is 75.3 Å². The van der Waals surface area contributed by atoms with Crippen LogP contribution in [0.2, 0.25) is 0 Å². The van der Waals surface area contributed by atoms with E-state index in [1.807, 2.05) is 0 Å². The maximum atomic E-state index is 11.1. The molecule has 0 aromatic rings. The molecule has 0 radical (unpaired) electrons. The molecule has 1 unspecified atom stereocenters. The van der Waals surface area contributed by atoms with Gasteiger partial charge in [0.25, 0.3) is 0 Å². The lowest BCUT2D eigenvalue weighted by Gasteiger charge is -2.09. The zero-order chi connectivity index (χ0) is 11.3. The maximum Gasteiger partial charge on any atom is 0.315 e. The van der Waals surface area contributed by atoms with Crippen molar-refractivity contribution in [3.8, 4) is 0 Å². The summed E-state index contributed by atoms with van der Waals surface area (Å²) in [4.78, 5) is 11.1. The molecule has 1 atom stereocenters. The second kappa shape index (κ2) is 5.16. The summed E-state index contributed by atoms with van der Waals surface area (Å²) < 4.78 is 22.2. The second-order valence-corrected chi connectivity index (χ2v) is 5.88. The van der Waals surface area contributed by atoms with Gasteiger partial charge in [0.15, 0.2) is 9.84 Å². The van der Waals surface area contributed by atoms with Gasteiger partial charge in [0.1, 0.15) is 0 Å². The van der Waals surface area contributed by atoms with Crippen LogP contribution in [0.15, 0.2) is 12.7 Å². The first-order valence-corrected chi connectivity index (χ1v) is 6.68. The number of hydrogen-bond donors (Lipinski definition) is 2. The van der Waals surface area contributed by atoms with Gasteiger partial charge in [0.2, 0.25) is 0 Å². The van der Waals surface area contributed by atoms with E-state index in [2.05, 4.69) is 17.2 Å². The smallest absolute Gasteiger partial charge is 0.315 e. The van der Waals surface area contributed by atoms with E-state index in [1.54, 1.807) is 6.08 Å². The summed E-state index contributed by atoms with van der Waals surface area (Å²) in [7, 11) is -2.85. The predicted molar refractivity (Wildman–Crippen MR) is 58.4 cm³/mol. The average Bonchev–Trinajstić information content (AvgIpc) is 2.52. The molecule has 2 amide bonds. The first-order chi connectivity index (χ1) is 7.03. The summed E-state index contributed by atoms with van der Waals surface area (Å²) in [6, 6.07) is -0.279. The fourth-order valence-electron chi connectivity index (χ4n) is 1.50. The summed E-state index contributed by atoms with van der Waals surface area (Å²) in [6.45, 7) is 4.30. The quantitative estimate of drug-likeness (QED) is 0.665. The van der Waals surface area contributed by atoms with E-state index in [-0.39, 0.29) is 23.5 Å². The Balaban J connectivity index is 2.21. The number of carbonyl (C=O) groups excluding carboxylic acids is 1. The molecule has 0 saturated carbocycles. The van der Waals surface area contributed by atoms with Crippen molar-refractivity contribution in [3.63, 3.8) is 0 Å². The number of nitrogens with one attached hydrogen (secondary N) is 2. The lowest BCUT2D eigenvalue weighted by Crippen LogP contribution is -2.38. The molecule has 0 aliphatic carbocycles. The van der Waals surface area contributed by atoms with Crippen LogP contribution in [0.4, 0.5) is 4.79 Å². The zero-order valence-corrected chi connectivity index (χ0v) is 9.35. The molecule has 1 heterocycles. The molecular weight excluding hydrogens is 216 g/mol. The Bertz CT molecular complexity index is 337. The highest BCUT2D eigenvalue weighted by Gasteiger charge is 2.27. The van der Waals surface area contributed by atoms with Crippen molar-refractivity contribution >= 4 is 15.9 Å². The Morgan fingerprint density at radius 1 is 1.47 bits per heavy atom. The van der Waals surface area contributed by atoms with Crippen LogP contribution in [-0.2, 0) is 9.84 Å². The number of rotatable bonds is 4. The van der Waals surface area contributed by atoms with Crippen LogP contribution in [0.1, 0.15) is 6.42 Å². The van der Waals surface area contributed by atoms with Gasteiger partial charge in [-0.3, -0.25) is 0 Å².